The second kappa shape index (κ2) is 12.7. The van der Waals surface area contributed by atoms with Gasteiger partial charge >= 0.3 is 0 Å². The minimum Gasteiger partial charge on any atom is -0.493 e. The van der Waals surface area contributed by atoms with E-state index in [9.17, 15) is 14.4 Å². The Balaban J connectivity index is 1.29. The number of nitrogens with one attached hydrogen (secondary N) is 2. The molecule has 2 aromatic carbocycles. The van der Waals surface area contributed by atoms with Crippen LogP contribution in [0.3, 0.4) is 0 Å². The predicted octanol–water partition coefficient (Wildman–Crippen LogP) is 2.60. The summed E-state index contributed by atoms with van der Waals surface area (Å²) in [5.74, 6) is 1.32. The summed E-state index contributed by atoms with van der Waals surface area (Å²) in [6, 6.07) is 14.8. The van der Waals surface area contributed by atoms with Gasteiger partial charge in [-0.15, -0.1) is 0 Å². The first kappa shape index (κ1) is 29.1. The number of rotatable bonds is 6. The maximum absolute atomic E-state index is 13.7. The van der Waals surface area contributed by atoms with Gasteiger partial charge in [0.25, 0.3) is 17.7 Å². The van der Waals surface area contributed by atoms with Crippen LogP contribution in [0.25, 0.3) is 0 Å². The molecule has 3 aliphatic heterocycles. The van der Waals surface area contributed by atoms with Gasteiger partial charge in [-0.3, -0.25) is 14.4 Å². The quantitative estimate of drug-likeness (QED) is 0.436. The van der Waals surface area contributed by atoms with Crippen molar-refractivity contribution in [2.24, 2.45) is 5.92 Å². The fourth-order valence-electron chi connectivity index (χ4n) is 5.10. The molecular weight excluding hydrogens is 568 g/mol. The Morgan fingerprint density at radius 3 is 2.57 bits per heavy atom. The maximum atomic E-state index is 13.7. The van der Waals surface area contributed by atoms with Crippen molar-refractivity contribution >= 4 is 17.7 Å². The third-order valence-electron chi connectivity index (χ3n) is 7.73. The molecule has 1 saturated heterocycles. The Bertz CT molecular complexity index is 1540. The molecule has 3 aromatic rings. The Morgan fingerprint density at radius 2 is 1.82 bits per heavy atom. The van der Waals surface area contributed by atoms with E-state index in [1.165, 1.54) is 14.2 Å². The summed E-state index contributed by atoms with van der Waals surface area (Å²) in [5, 5.41) is 5.89. The fraction of sp³-hybridized carbons (Fsp3) is 0.375. The van der Waals surface area contributed by atoms with Crippen LogP contribution in [-0.2, 0) is 11.3 Å². The lowest BCUT2D eigenvalue weighted by molar-refractivity contribution is -0.123. The van der Waals surface area contributed by atoms with E-state index in [2.05, 4.69) is 15.6 Å². The molecule has 2 fully saturated rings. The summed E-state index contributed by atoms with van der Waals surface area (Å²) >= 11 is 0. The van der Waals surface area contributed by atoms with E-state index < -0.39 is 18.1 Å². The first-order valence-electron chi connectivity index (χ1n) is 14.5. The number of pyridine rings is 1. The third kappa shape index (κ3) is 6.80. The van der Waals surface area contributed by atoms with E-state index in [0.717, 1.165) is 18.4 Å². The zero-order valence-corrected chi connectivity index (χ0v) is 24.5. The molecule has 1 aliphatic carbocycles. The Morgan fingerprint density at radius 1 is 1.00 bits per heavy atom. The summed E-state index contributed by atoms with van der Waals surface area (Å²) in [6.45, 7) is 1.02. The standard InChI is InChI=1S/C32H34N4O8/c1-40-29-10-9-25(31(35-29)41-2)32(39)36-15-26-27(16-36)44-22-7-5-19(6-8-22)14-33-28(37)18-43-24-12-21(30(38)34-26)11-23(13-24)42-17-20-3-4-20/h5-13,20,26-27H,3-4,14-18H2,1-2H3,(H,33,37)(H,34,38)/t26-,27-/m0/s1. The average Bonchev–Trinajstić information content (AvgIpc) is 3.80. The van der Waals surface area contributed by atoms with Crippen LogP contribution in [0.1, 0.15) is 39.1 Å². The predicted molar refractivity (Wildman–Crippen MR) is 157 cm³/mol. The number of carbonyl (C=O) groups is 3. The molecule has 4 aliphatic rings. The van der Waals surface area contributed by atoms with Gasteiger partial charge in [0.2, 0.25) is 11.8 Å². The van der Waals surface area contributed by atoms with Crippen LogP contribution in [-0.4, -0.2) is 80.3 Å². The second-order valence-corrected chi connectivity index (χ2v) is 11.0. The smallest absolute Gasteiger partial charge is 0.259 e. The van der Waals surface area contributed by atoms with Gasteiger partial charge in [0, 0.05) is 30.8 Å². The molecule has 4 bridgehead atoms. The third-order valence-corrected chi connectivity index (χ3v) is 7.73. The topological polar surface area (TPSA) is 138 Å². The van der Waals surface area contributed by atoms with E-state index in [4.69, 9.17) is 23.7 Å². The van der Waals surface area contributed by atoms with E-state index in [-0.39, 0.29) is 43.0 Å². The molecule has 0 unspecified atom stereocenters. The summed E-state index contributed by atoms with van der Waals surface area (Å²) in [4.78, 5) is 45.7. The van der Waals surface area contributed by atoms with Gasteiger partial charge in [0.15, 0.2) is 6.61 Å². The summed E-state index contributed by atoms with van der Waals surface area (Å²) < 4.78 is 28.6. The minimum absolute atomic E-state index is 0.138. The van der Waals surface area contributed by atoms with Gasteiger partial charge in [-0.2, -0.15) is 4.98 Å². The highest BCUT2D eigenvalue weighted by Gasteiger charge is 2.39. The highest BCUT2D eigenvalue weighted by molar-refractivity contribution is 5.97. The van der Waals surface area contributed by atoms with E-state index in [1.807, 2.05) is 12.1 Å². The molecule has 4 heterocycles. The first-order chi connectivity index (χ1) is 21.4. The molecule has 7 rings (SSSR count). The summed E-state index contributed by atoms with van der Waals surface area (Å²) in [7, 11) is 2.92. The van der Waals surface area contributed by atoms with E-state index in [0.29, 0.717) is 47.8 Å². The molecule has 1 saturated carbocycles. The van der Waals surface area contributed by atoms with Crippen molar-refractivity contribution in [3.8, 4) is 29.0 Å². The highest BCUT2D eigenvalue weighted by Crippen LogP contribution is 2.31. The number of nitrogens with zero attached hydrogens (tertiary/aromatic N) is 2. The number of carbonyl (C=O) groups excluding carboxylic acids is 3. The van der Waals surface area contributed by atoms with Gasteiger partial charge in [-0.05, 0) is 54.7 Å². The number of likely N-dealkylation sites (tertiary alicyclic amines) is 1. The van der Waals surface area contributed by atoms with Crippen molar-refractivity contribution < 1.29 is 38.1 Å². The van der Waals surface area contributed by atoms with E-state index in [1.54, 1.807) is 47.4 Å². The Hall–Kier alpha value is -5.00. The van der Waals surface area contributed by atoms with Crippen molar-refractivity contribution in [2.45, 2.75) is 31.5 Å². The van der Waals surface area contributed by atoms with Crippen LogP contribution in [0.5, 0.6) is 29.0 Å². The molecule has 12 heteroatoms. The van der Waals surface area contributed by atoms with Crippen molar-refractivity contribution in [1.29, 1.82) is 0 Å². The van der Waals surface area contributed by atoms with Crippen LogP contribution < -0.4 is 34.3 Å². The lowest BCUT2D eigenvalue weighted by Crippen LogP contribution is -2.45. The number of hydrogen-bond donors (Lipinski definition) is 2. The zero-order valence-electron chi connectivity index (χ0n) is 24.5. The summed E-state index contributed by atoms with van der Waals surface area (Å²) in [5.41, 5.74) is 1.44. The number of fused-ring (bicyclic) bond motifs is 7. The SMILES string of the molecule is COc1ccc(C(=O)N2C[C@@H]3NC(=O)c4cc(cc(OCC5CC5)c4)OCC(=O)NCc4ccc(cc4)O[C@H]3C2)c(OC)n1. The van der Waals surface area contributed by atoms with Crippen LogP contribution in [0.4, 0.5) is 0 Å². The van der Waals surface area contributed by atoms with Gasteiger partial charge in [0.05, 0.1) is 33.4 Å². The molecule has 2 N–H and O–H groups in total. The monoisotopic (exact) mass is 602 g/mol. The van der Waals surface area contributed by atoms with Gasteiger partial charge < -0.3 is 39.2 Å². The maximum Gasteiger partial charge on any atom is 0.259 e. The summed E-state index contributed by atoms with van der Waals surface area (Å²) in [6.07, 6.45) is 1.66. The van der Waals surface area contributed by atoms with Crippen LogP contribution in [0.2, 0.25) is 0 Å². The average molecular weight is 603 g/mol. The Kier molecular flexibility index (Phi) is 8.40. The molecule has 12 nitrogen and oxygen atoms in total. The Labute approximate surface area is 254 Å². The number of ether oxygens (including phenoxy) is 5. The molecule has 2 atom stereocenters. The highest BCUT2D eigenvalue weighted by atomic mass is 16.5. The van der Waals surface area contributed by atoms with Crippen LogP contribution >= 0.6 is 0 Å². The lowest BCUT2D eigenvalue weighted by Gasteiger charge is -2.21. The van der Waals surface area contributed by atoms with Crippen LogP contribution in [0, 0.1) is 5.92 Å². The van der Waals surface area contributed by atoms with Gasteiger partial charge in [0.1, 0.15) is 28.9 Å². The molecule has 3 amide bonds. The lowest BCUT2D eigenvalue weighted by atomic mass is 10.1. The van der Waals surface area contributed by atoms with Crippen molar-refractivity contribution in [3.63, 3.8) is 0 Å². The number of hydrogen-bond acceptors (Lipinski definition) is 9. The molecule has 44 heavy (non-hydrogen) atoms. The normalized spacial score (nSPS) is 19.9. The van der Waals surface area contributed by atoms with Gasteiger partial charge in [-0.1, -0.05) is 12.1 Å². The number of amides is 3. The van der Waals surface area contributed by atoms with Crippen molar-refractivity contribution in [1.82, 2.24) is 20.5 Å². The molecule has 0 spiro atoms. The largest absolute Gasteiger partial charge is 0.493 e. The van der Waals surface area contributed by atoms with Crippen molar-refractivity contribution in [2.75, 3.05) is 40.5 Å². The van der Waals surface area contributed by atoms with Crippen LogP contribution in [0.15, 0.2) is 54.6 Å². The second-order valence-electron chi connectivity index (χ2n) is 11.0. The zero-order chi connectivity index (χ0) is 30.6. The molecular formula is C32H34N4O8. The minimum atomic E-state index is -0.564. The molecule has 230 valence electrons. The fourth-order valence-corrected chi connectivity index (χ4v) is 5.10. The molecule has 1 aromatic heterocycles. The number of benzene rings is 2. The van der Waals surface area contributed by atoms with E-state index >= 15 is 0 Å². The van der Waals surface area contributed by atoms with Gasteiger partial charge in [-0.25, -0.2) is 0 Å². The van der Waals surface area contributed by atoms with Crippen molar-refractivity contribution in [3.05, 3.63) is 71.3 Å². The first-order valence-corrected chi connectivity index (χ1v) is 14.5. The molecule has 0 radical (unpaired) electrons. The number of methoxy groups -OCH3 is 2. The number of aromatic nitrogens is 1.